The van der Waals surface area contributed by atoms with E-state index in [0.717, 1.165) is 10.0 Å². The van der Waals surface area contributed by atoms with E-state index in [1.54, 1.807) is 24.3 Å². The summed E-state index contributed by atoms with van der Waals surface area (Å²) in [6.45, 7) is 1.69. The van der Waals surface area contributed by atoms with Gasteiger partial charge in [0, 0.05) is 10.0 Å². The third-order valence-electron chi connectivity index (χ3n) is 3.46. The fraction of sp³-hybridized carbons (Fsp3) is 0.222. The highest BCUT2D eigenvalue weighted by molar-refractivity contribution is 9.10. The minimum Gasteiger partial charge on any atom is -0.493 e. The number of aryl methyl sites for hydroxylation is 1. The number of carbonyl (C=O) groups is 2. The predicted octanol–water partition coefficient (Wildman–Crippen LogP) is 2.61. The number of carbonyl (C=O) groups excluding carboxylic acids is 2. The van der Waals surface area contributed by atoms with E-state index in [1.165, 1.54) is 20.3 Å². The highest BCUT2D eigenvalue weighted by Crippen LogP contribution is 2.27. The number of nitrogens with one attached hydrogen (secondary N) is 2. The van der Waals surface area contributed by atoms with Gasteiger partial charge in [0.15, 0.2) is 18.1 Å². The minimum absolute atomic E-state index is 0.229. The van der Waals surface area contributed by atoms with Crippen molar-refractivity contribution in [2.24, 2.45) is 0 Å². The van der Waals surface area contributed by atoms with Crippen molar-refractivity contribution >= 4 is 27.7 Å². The molecule has 2 aromatic carbocycles. The lowest BCUT2D eigenvalue weighted by Gasteiger charge is -2.11. The van der Waals surface area contributed by atoms with E-state index in [0.29, 0.717) is 22.8 Å². The summed E-state index contributed by atoms with van der Waals surface area (Å²) in [6.07, 6.45) is 0. The van der Waals surface area contributed by atoms with E-state index in [4.69, 9.17) is 14.2 Å². The second-order valence-electron chi connectivity index (χ2n) is 5.27. The van der Waals surface area contributed by atoms with Gasteiger partial charge < -0.3 is 14.2 Å². The molecule has 0 unspecified atom stereocenters. The van der Waals surface area contributed by atoms with E-state index in [1.807, 2.05) is 13.0 Å². The Morgan fingerprint density at radius 3 is 2.38 bits per heavy atom. The average Bonchev–Trinajstić information content (AvgIpc) is 2.66. The third kappa shape index (κ3) is 5.13. The summed E-state index contributed by atoms with van der Waals surface area (Å²) in [7, 11) is 2.98. The van der Waals surface area contributed by atoms with Crippen molar-refractivity contribution in [3.8, 4) is 17.2 Å². The molecule has 2 amide bonds. The number of ether oxygens (including phenoxy) is 3. The Balaban J connectivity index is 1.86. The molecule has 0 aliphatic rings. The molecule has 7 nitrogen and oxygen atoms in total. The first-order chi connectivity index (χ1) is 12.4. The standard InChI is InChI=1S/C18H19BrN2O5/c1-11-8-13(5-6-14(11)19)26-10-17(22)20-21-18(23)12-4-7-15(24-2)16(9-12)25-3/h4-9H,10H2,1-3H3,(H,20,22)(H,21,23). The van der Waals surface area contributed by atoms with Crippen LogP contribution in [0.2, 0.25) is 0 Å². The van der Waals surface area contributed by atoms with Gasteiger partial charge in [0.2, 0.25) is 0 Å². The second-order valence-corrected chi connectivity index (χ2v) is 6.13. The molecule has 8 heteroatoms. The molecule has 0 spiro atoms. The maximum absolute atomic E-state index is 12.1. The van der Waals surface area contributed by atoms with E-state index < -0.39 is 11.8 Å². The first-order valence-electron chi connectivity index (χ1n) is 7.64. The number of methoxy groups -OCH3 is 2. The average molecular weight is 423 g/mol. The van der Waals surface area contributed by atoms with Crippen molar-refractivity contribution in [3.63, 3.8) is 0 Å². The summed E-state index contributed by atoms with van der Waals surface area (Å²) in [4.78, 5) is 23.9. The minimum atomic E-state index is -0.487. The van der Waals surface area contributed by atoms with Crippen LogP contribution in [0.3, 0.4) is 0 Å². The second kappa shape index (κ2) is 9.10. The molecule has 2 aromatic rings. The maximum Gasteiger partial charge on any atom is 0.276 e. The fourth-order valence-corrected chi connectivity index (χ4v) is 2.31. The summed E-state index contributed by atoms with van der Waals surface area (Å²) < 4.78 is 16.6. The lowest BCUT2D eigenvalue weighted by Crippen LogP contribution is -2.43. The van der Waals surface area contributed by atoms with Crippen molar-refractivity contribution in [1.82, 2.24) is 10.9 Å². The van der Waals surface area contributed by atoms with E-state index in [2.05, 4.69) is 26.8 Å². The Labute approximate surface area is 159 Å². The van der Waals surface area contributed by atoms with Crippen LogP contribution in [0.4, 0.5) is 0 Å². The molecule has 0 aliphatic heterocycles. The Bertz CT molecular complexity index is 810. The Hall–Kier alpha value is -2.74. The lowest BCUT2D eigenvalue weighted by atomic mass is 10.2. The molecule has 0 radical (unpaired) electrons. The van der Waals surface area contributed by atoms with Gasteiger partial charge in [0.25, 0.3) is 11.8 Å². The fourth-order valence-electron chi connectivity index (χ4n) is 2.07. The molecule has 2 N–H and O–H groups in total. The first-order valence-corrected chi connectivity index (χ1v) is 8.44. The van der Waals surface area contributed by atoms with E-state index in [9.17, 15) is 9.59 Å². The molecule has 0 saturated heterocycles. The van der Waals surface area contributed by atoms with Gasteiger partial charge in [-0.15, -0.1) is 0 Å². The molecule has 2 rings (SSSR count). The number of amides is 2. The zero-order valence-corrected chi connectivity index (χ0v) is 16.2. The van der Waals surface area contributed by atoms with Crippen molar-refractivity contribution in [2.45, 2.75) is 6.92 Å². The molecule has 0 saturated carbocycles. The Kier molecular flexibility index (Phi) is 6.85. The summed E-state index contributed by atoms with van der Waals surface area (Å²) in [5, 5.41) is 0. The molecule has 0 atom stereocenters. The van der Waals surface area contributed by atoms with Gasteiger partial charge in [-0.2, -0.15) is 0 Å². The topological polar surface area (TPSA) is 85.9 Å². The number of hydrogen-bond donors (Lipinski definition) is 2. The molecular formula is C18H19BrN2O5. The van der Waals surface area contributed by atoms with Crippen LogP contribution in [0.25, 0.3) is 0 Å². The van der Waals surface area contributed by atoms with Crippen molar-refractivity contribution < 1.29 is 23.8 Å². The molecule has 0 fully saturated rings. The number of halogens is 1. The zero-order valence-electron chi connectivity index (χ0n) is 14.6. The summed E-state index contributed by atoms with van der Waals surface area (Å²) in [6, 6.07) is 10.1. The van der Waals surface area contributed by atoms with Crippen LogP contribution in [0.15, 0.2) is 40.9 Å². The van der Waals surface area contributed by atoms with E-state index >= 15 is 0 Å². The van der Waals surface area contributed by atoms with Crippen molar-refractivity contribution in [3.05, 3.63) is 52.0 Å². The first kappa shape index (κ1) is 19.6. The third-order valence-corrected chi connectivity index (χ3v) is 4.35. The van der Waals surface area contributed by atoms with Gasteiger partial charge >= 0.3 is 0 Å². The van der Waals surface area contributed by atoms with Gasteiger partial charge in [0.1, 0.15) is 5.75 Å². The van der Waals surface area contributed by atoms with Crippen LogP contribution in [0, 0.1) is 6.92 Å². The maximum atomic E-state index is 12.1. The van der Waals surface area contributed by atoms with Crippen LogP contribution in [0.5, 0.6) is 17.2 Å². The predicted molar refractivity (Wildman–Crippen MR) is 99.5 cm³/mol. The van der Waals surface area contributed by atoms with Gasteiger partial charge in [-0.1, -0.05) is 15.9 Å². The SMILES string of the molecule is COc1ccc(C(=O)NNC(=O)COc2ccc(Br)c(C)c2)cc1OC. The van der Waals surface area contributed by atoms with E-state index in [-0.39, 0.29) is 6.61 Å². The molecule has 26 heavy (non-hydrogen) atoms. The molecule has 0 heterocycles. The zero-order chi connectivity index (χ0) is 19.1. The van der Waals surface area contributed by atoms with Gasteiger partial charge in [-0.05, 0) is 48.9 Å². The highest BCUT2D eigenvalue weighted by Gasteiger charge is 2.12. The highest BCUT2D eigenvalue weighted by atomic mass is 79.9. The van der Waals surface area contributed by atoms with Crippen molar-refractivity contribution in [2.75, 3.05) is 20.8 Å². The largest absolute Gasteiger partial charge is 0.493 e. The Morgan fingerprint density at radius 1 is 1.00 bits per heavy atom. The molecule has 0 bridgehead atoms. The number of hydrazine groups is 1. The normalized spacial score (nSPS) is 10.0. The van der Waals surface area contributed by atoms with Crippen LogP contribution in [0.1, 0.15) is 15.9 Å². The van der Waals surface area contributed by atoms with Crippen LogP contribution < -0.4 is 25.1 Å². The Morgan fingerprint density at radius 2 is 1.73 bits per heavy atom. The number of rotatable bonds is 6. The smallest absolute Gasteiger partial charge is 0.276 e. The van der Waals surface area contributed by atoms with Gasteiger partial charge in [-0.3, -0.25) is 20.4 Å². The van der Waals surface area contributed by atoms with Crippen molar-refractivity contribution in [1.29, 1.82) is 0 Å². The molecule has 138 valence electrons. The summed E-state index contributed by atoms with van der Waals surface area (Å²) in [5.41, 5.74) is 5.92. The number of hydrogen-bond acceptors (Lipinski definition) is 5. The van der Waals surface area contributed by atoms with Crippen LogP contribution in [-0.4, -0.2) is 32.6 Å². The lowest BCUT2D eigenvalue weighted by molar-refractivity contribution is -0.123. The summed E-state index contributed by atoms with van der Waals surface area (Å²) >= 11 is 3.39. The quantitative estimate of drug-likeness (QED) is 0.698. The van der Waals surface area contributed by atoms with Crippen LogP contribution in [-0.2, 0) is 4.79 Å². The summed E-state index contributed by atoms with van der Waals surface area (Å²) in [5.74, 6) is 0.511. The number of benzene rings is 2. The molecule has 0 aromatic heterocycles. The van der Waals surface area contributed by atoms with Gasteiger partial charge in [-0.25, -0.2) is 0 Å². The van der Waals surface area contributed by atoms with Gasteiger partial charge in [0.05, 0.1) is 14.2 Å². The molecule has 0 aliphatic carbocycles. The molecular weight excluding hydrogens is 404 g/mol. The monoisotopic (exact) mass is 422 g/mol. The van der Waals surface area contributed by atoms with Crippen LogP contribution >= 0.6 is 15.9 Å².